The van der Waals surface area contributed by atoms with Gasteiger partial charge >= 0.3 is 0 Å². The molecule has 12 heteroatoms. The fourth-order valence-electron chi connectivity index (χ4n) is 4.56. The molecule has 0 bridgehead atoms. The normalized spacial score (nSPS) is 19.5. The molecule has 5 rings (SSSR count). The van der Waals surface area contributed by atoms with Crippen molar-refractivity contribution in [2.45, 2.75) is 24.9 Å². The highest BCUT2D eigenvalue weighted by Gasteiger charge is 2.26. The van der Waals surface area contributed by atoms with Crippen molar-refractivity contribution in [1.29, 1.82) is 0 Å². The van der Waals surface area contributed by atoms with Gasteiger partial charge in [0.05, 0.1) is 23.6 Å². The average molecular weight is 531 g/mol. The van der Waals surface area contributed by atoms with Gasteiger partial charge < -0.3 is 15.4 Å². The summed E-state index contributed by atoms with van der Waals surface area (Å²) in [4.78, 5) is 25.1. The van der Waals surface area contributed by atoms with Crippen LogP contribution in [0.15, 0.2) is 42.7 Å². The molecule has 3 aromatic rings. The minimum atomic E-state index is -3.13. The average Bonchev–Trinajstić information content (AvgIpc) is 2.88. The number of hydrogen-bond acceptors (Lipinski definition) is 8. The van der Waals surface area contributed by atoms with Crippen molar-refractivity contribution in [3.8, 4) is 11.3 Å². The predicted octanol–water partition coefficient (Wildman–Crippen LogP) is 1.87. The highest BCUT2D eigenvalue weighted by molar-refractivity contribution is 7.88. The standard InChI is InChI=1S/C24H28N6O4S.H2S/c1-35(32,33)30-10-6-17(7-11-30)16-2-4-18(5-3-16)20-12-21-23(26-9-8-25-21)24(29-20)28-14-19-13-27-22(31)15-34-19;/h2-5,8-9,12,17,19H,6-7,10-11,13-15H2,1H3,(H,27,31)(H,28,29);1H2/t19-;/m1./s1. The molecule has 0 aliphatic carbocycles. The third-order valence-electron chi connectivity index (χ3n) is 6.53. The molecule has 192 valence electrons. The summed E-state index contributed by atoms with van der Waals surface area (Å²) in [5.74, 6) is 0.844. The predicted molar refractivity (Wildman–Crippen MR) is 143 cm³/mol. The number of carbonyl (C=O) groups excluding carboxylic acids is 1. The van der Waals surface area contributed by atoms with E-state index in [-0.39, 0.29) is 32.1 Å². The van der Waals surface area contributed by atoms with Crippen molar-refractivity contribution in [3.63, 3.8) is 0 Å². The number of anilines is 1. The van der Waals surface area contributed by atoms with Crippen molar-refractivity contribution >= 4 is 46.3 Å². The molecule has 0 spiro atoms. The second-order valence-corrected chi connectivity index (χ2v) is 10.9. The Morgan fingerprint density at radius 2 is 1.86 bits per heavy atom. The molecule has 10 nitrogen and oxygen atoms in total. The number of amides is 1. The Bertz CT molecular complexity index is 1320. The molecule has 2 aromatic heterocycles. The molecule has 2 aliphatic heterocycles. The largest absolute Gasteiger partial charge is 0.366 e. The number of ether oxygens (including phenoxy) is 1. The van der Waals surface area contributed by atoms with Gasteiger partial charge in [0.2, 0.25) is 15.9 Å². The lowest BCUT2D eigenvalue weighted by Gasteiger charge is -2.30. The summed E-state index contributed by atoms with van der Waals surface area (Å²) in [7, 11) is -3.13. The number of rotatable bonds is 6. The first-order valence-electron chi connectivity index (χ1n) is 11.7. The molecular weight excluding hydrogens is 500 g/mol. The van der Waals surface area contributed by atoms with Crippen LogP contribution in [0.1, 0.15) is 24.3 Å². The van der Waals surface area contributed by atoms with E-state index in [0.29, 0.717) is 43.4 Å². The second kappa shape index (κ2) is 11.1. The number of morpholine rings is 1. The lowest BCUT2D eigenvalue weighted by atomic mass is 9.89. The number of aromatic nitrogens is 3. The van der Waals surface area contributed by atoms with Crippen molar-refractivity contribution in [3.05, 3.63) is 48.3 Å². The van der Waals surface area contributed by atoms with E-state index in [1.165, 1.54) is 11.8 Å². The number of nitrogens with zero attached hydrogens (tertiary/aromatic N) is 4. The Hall–Kier alpha value is -2.80. The molecule has 0 saturated carbocycles. The van der Waals surface area contributed by atoms with Gasteiger partial charge in [-0.15, -0.1) is 0 Å². The quantitative estimate of drug-likeness (QED) is 0.495. The smallest absolute Gasteiger partial charge is 0.246 e. The van der Waals surface area contributed by atoms with Gasteiger partial charge in [0.25, 0.3) is 0 Å². The topological polar surface area (TPSA) is 126 Å². The maximum Gasteiger partial charge on any atom is 0.246 e. The van der Waals surface area contributed by atoms with Crippen molar-refractivity contribution < 1.29 is 17.9 Å². The number of fused-ring (bicyclic) bond motifs is 1. The summed E-state index contributed by atoms with van der Waals surface area (Å²) in [6, 6.07) is 10.2. The van der Waals surface area contributed by atoms with Crippen molar-refractivity contribution in [2.75, 3.05) is 44.4 Å². The van der Waals surface area contributed by atoms with Crippen LogP contribution in [0.3, 0.4) is 0 Å². The van der Waals surface area contributed by atoms with E-state index in [9.17, 15) is 13.2 Å². The fourth-order valence-corrected chi connectivity index (χ4v) is 5.44. The van der Waals surface area contributed by atoms with Crippen LogP contribution in [0.25, 0.3) is 22.3 Å². The third kappa shape index (κ3) is 5.94. The van der Waals surface area contributed by atoms with Gasteiger partial charge in [-0.25, -0.2) is 22.7 Å². The van der Waals surface area contributed by atoms with Crippen LogP contribution in [0.4, 0.5) is 5.82 Å². The van der Waals surface area contributed by atoms with Crippen molar-refractivity contribution in [1.82, 2.24) is 24.6 Å². The number of benzene rings is 1. The van der Waals surface area contributed by atoms with Crippen LogP contribution in [0.5, 0.6) is 0 Å². The van der Waals surface area contributed by atoms with Crippen LogP contribution in [-0.4, -0.2) is 78.7 Å². The van der Waals surface area contributed by atoms with Gasteiger partial charge in [0.1, 0.15) is 12.1 Å². The number of nitrogens with one attached hydrogen (secondary N) is 2. The molecule has 1 amide bonds. The minimum absolute atomic E-state index is 0. The van der Waals surface area contributed by atoms with E-state index >= 15 is 0 Å². The third-order valence-corrected chi connectivity index (χ3v) is 7.83. The summed E-state index contributed by atoms with van der Waals surface area (Å²) in [5, 5.41) is 6.12. The van der Waals surface area contributed by atoms with E-state index < -0.39 is 10.0 Å². The number of piperidine rings is 1. The molecule has 2 N–H and O–H groups in total. The van der Waals surface area contributed by atoms with Crippen LogP contribution < -0.4 is 10.6 Å². The summed E-state index contributed by atoms with van der Waals surface area (Å²) in [6.07, 6.45) is 6.03. The van der Waals surface area contributed by atoms with E-state index in [0.717, 1.165) is 29.6 Å². The van der Waals surface area contributed by atoms with Crippen LogP contribution in [0, 0.1) is 0 Å². The Labute approximate surface area is 217 Å². The lowest BCUT2D eigenvalue weighted by molar-refractivity contribution is -0.132. The van der Waals surface area contributed by atoms with Crippen LogP contribution in [0.2, 0.25) is 0 Å². The van der Waals surface area contributed by atoms with Gasteiger partial charge in [0, 0.05) is 44.1 Å². The summed E-state index contributed by atoms with van der Waals surface area (Å²) >= 11 is 0. The highest BCUT2D eigenvalue weighted by atomic mass is 32.2. The highest BCUT2D eigenvalue weighted by Crippen LogP contribution is 2.31. The first kappa shape index (κ1) is 26.3. The Kier molecular flexibility index (Phi) is 8.08. The van der Waals surface area contributed by atoms with Crippen LogP contribution in [-0.2, 0) is 19.6 Å². The maximum atomic E-state index is 11.8. The van der Waals surface area contributed by atoms with Gasteiger partial charge in [0.15, 0.2) is 5.82 Å². The first-order valence-corrected chi connectivity index (χ1v) is 13.5. The molecule has 2 fully saturated rings. The fraction of sp³-hybridized carbons (Fsp3) is 0.417. The Morgan fingerprint density at radius 3 is 2.53 bits per heavy atom. The number of hydrogen-bond donors (Lipinski definition) is 2. The molecule has 4 heterocycles. The van der Waals surface area contributed by atoms with Gasteiger partial charge in [-0.05, 0) is 30.4 Å². The van der Waals surface area contributed by atoms with E-state index in [1.54, 1.807) is 16.7 Å². The van der Waals surface area contributed by atoms with Crippen molar-refractivity contribution in [2.24, 2.45) is 0 Å². The Morgan fingerprint density at radius 1 is 1.14 bits per heavy atom. The zero-order valence-corrected chi connectivity index (χ0v) is 21.8. The van der Waals surface area contributed by atoms with E-state index in [2.05, 4.69) is 32.7 Å². The number of pyridine rings is 1. The molecule has 0 unspecified atom stereocenters. The summed E-state index contributed by atoms with van der Waals surface area (Å²) in [6.45, 7) is 2.09. The molecule has 36 heavy (non-hydrogen) atoms. The summed E-state index contributed by atoms with van der Waals surface area (Å²) < 4.78 is 30.7. The summed E-state index contributed by atoms with van der Waals surface area (Å²) in [5.41, 5.74) is 4.34. The number of sulfonamides is 1. The maximum absolute atomic E-state index is 11.8. The van der Waals surface area contributed by atoms with Gasteiger partial charge in [-0.1, -0.05) is 24.3 Å². The zero-order chi connectivity index (χ0) is 24.4. The molecule has 2 saturated heterocycles. The molecule has 1 aromatic carbocycles. The molecule has 2 aliphatic rings. The van der Waals surface area contributed by atoms with Gasteiger partial charge in [-0.3, -0.25) is 9.78 Å². The SMILES string of the molecule is CS(=O)(=O)N1CCC(c2ccc(-c3cc4nccnc4c(NC[C@H]4CNC(=O)CO4)n3)cc2)CC1.S. The number of carbonyl (C=O) groups is 1. The van der Waals surface area contributed by atoms with E-state index in [1.807, 2.05) is 18.2 Å². The molecule has 1 atom stereocenters. The second-order valence-electron chi connectivity index (χ2n) is 8.96. The molecule has 0 radical (unpaired) electrons. The monoisotopic (exact) mass is 530 g/mol. The van der Waals surface area contributed by atoms with Crippen LogP contribution >= 0.6 is 13.5 Å². The minimum Gasteiger partial charge on any atom is -0.366 e. The molecular formula is C24H30N6O4S2. The van der Waals surface area contributed by atoms with Gasteiger partial charge in [-0.2, -0.15) is 13.5 Å². The lowest BCUT2D eigenvalue weighted by Crippen LogP contribution is -2.45. The first-order chi connectivity index (χ1) is 16.9. The zero-order valence-electron chi connectivity index (χ0n) is 20.0. The Balaban J connectivity index is 0.00000304. The van der Waals surface area contributed by atoms with E-state index in [4.69, 9.17) is 9.72 Å².